The summed E-state index contributed by atoms with van der Waals surface area (Å²) in [5.74, 6) is 0.984. The molecule has 5 rings (SSSR count). The lowest BCUT2D eigenvalue weighted by molar-refractivity contribution is -0.142. The van der Waals surface area contributed by atoms with Crippen LogP contribution >= 0.6 is 0 Å². The van der Waals surface area contributed by atoms with E-state index < -0.39 is 0 Å². The maximum atomic E-state index is 12.7. The van der Waals surface area contributed by atoms with Gasteiger partial charge in [-0.05, 0) is 37.4 Å². The summed E-state index contributed by atoms with van der Waals surface area (Å²) in [5.41, 5.74) is 1.61. The average Bonchev–Trinajstić information content (AvgIpc) is 3.16. The number of nitrogens with zero attached hydrogens (tertiary/aromatic N) is 5. The number of benzene rings is 1. The molecule has 2 bridgehead atoms. The maximum absolute atomic E-state index is 12.7. The van der Waals surface area contributed by atoms with Gasteiger partial charge in [0.25, 0.3) is 0 Å². The molecule has 0 aliphatic carbocycles. The van der Waals surface area contributed by atoms with Gasteiger partial charge in [0.2, 0.25) is 5.91 Å². The molecule has 28 heavy (non-hydrogen) atoms. The summed E-state index contributed by atoms with van der Waals surface area (Å²) in [7, 11) is 1.86. The molecule has 0 radical (unpaired) electrons. The number of hydrogen-bond donors (Lipinski definition) is 1. The van der Waals surface area contributed by atoms with Crippen LogP contribution in [0.4, 0.5) is 0 Å². The molecule has 1 aromatic heterocycles. The zero-order valence-electron chi connectivity index (χ0n) is 16.2. The van der Waals surface area contributed by atoms with Crippen molar-refractivity contribution in [2.24, 2.45) is 11.8 Å². The van der Waals surface area contributed by atoms with Crippen molar-refractivity contribution >= 4 is 5.91 Å². The van der Waals surface area contributed by atoms with Gasteiger partial charge >= 0.3 is 0 Å². The number of phenols is 1. The lowest BCUT2D eigenvalue weighted by Gasteiger charge is -2.49. The Morgan fingerprint density at radius 1 is 1.46 bits per heavy atom. The first-order valence-corrected chi connectivity index (χ1v) is 9.84. The molecule has 1 N–H and O–H groups in total. The van der Waals surface area contributed by atoms with Gasteiger partial charge in [0.1, 0.15) is 11.4 Å². The normalized spacial score (nSPS) is 26.2. The summed E-state index contributed by atoms with van der Waals surface area (Å²) in [4.78, 5) is 16.9. The topological polar surface area (TPSA) is 74.5 Å². The third-order valence-corrected chi connectivity index (χ3v) is 6.05. The predicted molar refractivity (Wildman–Crippen MR) is 107 cm³/mol. The monoisotopic (exact) mass is 381 g/mol. The van der Waals surface area contributed by atoms with Crippen LogP contribution in [0.25, 0.3) is 11.3 Å². The number of piperidine rings is 3. The Morgan fingerprint density at radius 2 is 2.32 bits per heavy atom. The molecule has 3 saturated heterocycles. The van der Waals surface area contributed by atoms with E-state index in [1.807, 2.05) is 24.0 Å². The van der Waals surface area contributed by atoms with E-state index in [0.717, 1.165) is 43.7 Å². The van der Waals surface area contributed by atoms with Crippen LogP contribution < -0.4 is 0 Å². The number of carbonyl (C=O) groups excluding carboxylic acids is 1. The highest BCUT2D eigenvalue weighted by atomic mass is 16.3. The number of phenolic OH excluding ortho intramolecular Hbond substituents is 1. The first-order chi connectivity index (χ1) is 13.5. The van der Waals surface area contributed by atoms with Crippen LogP contribution in [-0.2, 0) is 11.3 Å². The molecule has 0 spiro atoms. The zero-order chi connectivity index (χ0) is 19.7. The van der Waals surface area contributed by atoms with E-state index in [1.165, 1.54) is 0 Å². The lowest BCUT2D eigenvalue weighted by Crippen LogP contribution is -2.58. The van der Waals surface area contributed by atoms with Crippen LogP contribution in [-0.4, -0.2) is 68.5 Å². The van der Waals surface area contributed by atoms with Gasteiger partial charge in [-0.15, -0.1) is 11.7 Å². The molecule has 2 aromatic rings. The predicted octanol–water partition coefficient (Wildman–Crippen LogP) is 2.01. The second-order valence-electron chi connectivity index (χ2n) is 7.92. The quantitative estimate of drug-likeness (QED) is 0.775. The minimum atomic E-state index is 0.0913. The maximum Gasteiger partial charge on any atom is 0.227 e. The largest absolute Gasteiger partial charge is 0.508 e. The van der Waals surface area contributed by atoms with E-state index >= 15 is 0 Å². The van der Waals surface area contributed by atoms with Crippen molar-refractivity contribution < 1.29 is 9.90 Å². The lowest BCUT2D eigenvalue weighted by atomic mass is 9.75. The van der Waals surface area contributed by atoms with Crippen molar-refractivity contribution in [2.45, 2.75) is 25.4 Å². The number of aromatic hydroxyl groups is 1. The third kappa shape index (κ3) is 3.67. The Morgan fingerprint density at radius 3 is 3.04 bits per heavy atom. The highest BCUT2D eigenvalue weighted by Gasteiger charge is 2.44. The van der Waals surface area contributed by atoms with Gasteiger partial charge in [0.05, 0.1) is 18.7 Å². The summed E-state index contributed by atoms with van der Waals surface area (Å²) in [6.07, 6.45) is 5.80. The molecule has 4 unspecified atom stereocenters. The fourth-order valence-electron chi connectivity index (χ4n) is 4.58. The number of rotatable bonds is 6. The zero-order valence-corrected chi connectivity index (χ0v) is 16.2. The van der Waals surface area contributed by atoms with Crippen molar-refractivity contribution in [1.29, 1.82) is 0 Å². The van der Waals surface area contributed by atoms with Crippen molar-refractivity contribution in [3.05, 3.63) is 43.1 Å². The van der Waals surface area contributed by atoms with E-state index in [2.05, 4.69) is 21.8 Å². The van der Waals surface area contributed by atoms with Gasteiger partial charge in [-0.2, -0.15) is 0 Å². The number of aromatic nitrogens is 3. The van der Waals surface area contributed by atoms with Gasteiger partial charge in [0, 0.05) is 31.7 Å². The summed E-state index contributed by atoms with van der Waals surface area (Å²) in [6.45, 7) is 6.96. The molecule has 148 valence electrons. The first-order valence-electron chi connectivity index (χ1n) is 9.84. The number of carbonyl (C=O) groups is 1. The molecule has 7 nitrogen and oxygen atoms in total. The van der Waals surface area contributed by atoms with Crippen molar-refractivity contribution in [1.82, 2.24) is 24.8 Å². The van der Waals surface area contributed by atoms with Crippen LogP contribution in [0.3, 0.4) is 0 Å². The highest BCUT2D eigenvalue weighted by Crippen LogP contribution is 2.37. The van der Waals surface area contributed by atoms with E-state index in [-0.39, 0.29) is 17.6 Å². The average molecular weight is 381 g/mol. The van der Waals surface area contributed by atoms with Crippen LogP contribution in [0.1, 0.15) is 12.8 Å². The molecule has 4 atom stereocenters. The molecule has 1 aromatic carbocycles. The summed E-state index contributed by atoms with van der Waals surface area (Å²) in [5, 5.41) is 18.2. The molecule has 3 aliphatic rings. The van der Waals surface area contributed by atoms with E-state index in [1.54, 1.807) is 29.2 Å². The molecular formula is C21H27N5O2. The number of amides is 1. The van der Waals surface area contributed by atoms with E-state index in [9.17, 15) is 9.90 Å². The van der Waals surface area contributed by atoms with Crippen molar-refractivity contribution in [3.63, 3.8) is 0 Å². The molecule has 4 heterocycles. The smallest absolute Gasteiger partial charge is 0.227 e. The van der Waals surface area contributed by atoms with Gasteiger partial charge in [-0.1, -0.05) is 23.4 Å². The molecule has 1 amide bonds. The Labute approximate surface area is 165 Å². The second-order valence-corrected chi connectivity index (χ2v) is 7.92. The molecular weight excluding hydrogens is 354 g/mol. The van der Waals surface area contributed by atoms with Crippen molar-refractivity contribution in [3.8, 4) is 17.0 Å². The Bertz CT molecular complexity index is 864. The van der Waals surface area contributed by atoms with Gasteiger partial charge in [-0.25, -0.2) is 0 Å². The van der Waals surface area contributed by atoms with E-state index in [0.29, 0.717) is 18.5 Å². The number of hydrogen-bond acceptors (Lipinski definition) is 5. The first kappa shape index (κ1) is 18.7. The van der Waals surface area contributed by atoms with Crippen LogP contribution in [0, 0.1) is 11.8 Å². The van der Waals surface area contributed by atoms with Crippen LogP contribution in [0.2, 0.25) is 0 Å². The number of likely N-dealkylation sites (N-methyl/N-ethyl adjacent to an activating group) is 1. The van der Waals surface area contributed by atoms with Crippen LogP contribution in [0.5, 0.6) is 5.75 Å². The Hall–Kier alpha value is -2.67. The van der Waals surface area contributed by atoms with E-state index in [4.69, 9.17) is 0 Å². The summed E-state index contributed by atoms with van der Waals surface area (Å²) in [6, 6.07) is 7.43. The molecule has 0 saturated carbocycles. The summed E-state index contributed by atoms with van der Waals surface area (Å²) >= 11 is 0. The SMILES string of the molecule is C=CCN(C)C(=O)C1CN2CCC1CC2Cn1cc(-c2cccc(O)c2)nn1. The fraction of sp³-hybridized carbons (Fsp3) is 0.476. The summed E-state index contributed by atoms with van der Waals surface area (Å²) < 4.78 is 1.88. The highest BCUT2D eigenvalue weighted by molar-refractivity contribution is 5.79. The number of fused-ring (bicyclic) bond motifs is 3. The van der Waals surface area contributed by atoms with Crippen LogP contribution in [0.15, 0.2) is 43.1 Å². The Kier molecular flexibility index (Phi) is 5.17. The van der Waals surface area contributed by atoms with Crippen molar-refractivity contribution in [2.75, 3.05) is 26.7 Å². The minimum Gasteiger partial charge on any atom is -0.508 e. The third-order valence-electron chi connectivity index (χ3n) is 6.05. The van der Waals surface area contributed by atoms with Gasteiger partial charge in [-0.3, -0.25) is 14.4 Å². The minimum absolute atomic E-state index is 0.0913. The van der Waals surface area contributed by atoms with Gasteiger partial charge in [0.15, 0.2) is 0 Å². The second kappa shape index (κ2) is 7.75. The molecule has 3 fully saturated rings. The fourth-order valence-corrected chi connectivity index (χ4v) is 4.58. The molecule has 3 aliphatic heterocycles. The molecule has 7 heteroatoms. The standard InChI is InChI=1S/C21H27N5O2/c1-3-8-24(2)21(28)19-13-25-9-7-15(19)10-17(25)12-26-14-20(22-23-26)16-5-4-6-18(27)11-16/h3-6,11,14-15,17,19,27H,1,7-10,12-13H2,2H3. The van der Waals surface area contributed by atoms with Gasteiger partial charge < -0.3 is 10.0 Å². The Balaban J connectivity index is 1.41.